The maximum absolute atomic E-state index is 4.47. The molecular formula is C14H15N3S. The summed E-state index contributed by atoms with van der Waals surface area (Å²) >= 11 is 1.80. The first-order valence-electron chi connectivity index (χ1n) is 6.17. The Labute approximate surface area is 111 Å². The summed E-state index contributed by atoms with van der Waals surface area (Å²) in [5, 5.41) is 5.68. The van der Waals surface area contributed by atoms with Crippen LogP contribution >= 0.6 is 11.8 Å². The van der Waals surface area contributed by atoms with Crippen LogP contribution in [0.2, 0.25) is 0 Å². The lowest BCUT2D eigenvalue weighted by molar-refractivity contribution is 0.875. The van der Waals surface area contributed by atoms with Crippen molar-refractivity contribution < 1.29 is 0 Å². The number of nitrogens with zero attached hydrogens (tertiary/aromatic N) is 2. The minimum atomic E-state index is 0.918. The molecule has 0 spiro atoms. The van der Waals surface area contributed by atoms with E-state index in [-0.39, 0.29) is 0 Å². The Balaban J connectivity index is 1.70. The minimum Gasteiger partial charge on any atom is -0.365 e. The van der Waals surface area contributed by atoms with E-state index in [4.69, 9.17) is 0 Å². The van der Waals surface area contributed by atoms with Crippen LogP contribution in [0.1, 0.15) is 5.56 Å². The van der Waals surface area contributed by atoms with Crippen LogP contribution < -0.4 is 5.32 Å². The molecule has 3 nitrogen and oxygen atoms in total. The van der Waals surface area contributed by atoms with Gasteiger partial charge in [0, 0.05) is 23.9 Å². The van der Waals surface area contributed by atoms with E-state index in [1.54, 1.807) is 11.8 Å². The highest BCUT2D eigenvalue weighted by atomic mass is 32.2. The molecule has 1 N–H and O–H groups in total. The Morgan fingerprint density at radius 3 is 3.06 bits per heavy atom. The Morgan fingerprint density at radius 2 is 2.17 bits per heavy atom. The van der Waals surface area contributed by atoms with Crippen molar-refractivity contribution in [3.8, 4) is 0 Å². The van der Waals surface area contributed by atoms with Crippen molar-refractivity contribution in [1.82, 2.24) is 10.3 Å². The van der Waals surface area contributed by atoms with Gasteiger partial charge in [0.25, 0.3) is 0 Å². The van der Waals surface area contributed by atoms with E-state index >= 15 is 0 Å². The van der Waals surface area contributed by atoms with Crippen molar-refractivity contribution in [2.75, 3.05) is 18.8 Å². The average molecular weight is 257 g/mol. The minimum absolute atomic E-state index is 0.918. The second-order valence-corrected chi connectivity index (χ2v) is 5.29. The molecule has 0 saturated carbocycles. The zero-order valence-electron chi connectivity index (χ0n) is 10.1. The second kappa shape index (κ2) is 5.40. The van der Waals surface area contributed by atoms with Crippen molar-refractivity contribution in [3.05, 3.63) is 42.1 Å². The molecule has 0 bridgehead atoms. The summed E-state index contributed by atoms with van der Waals surface area (Å²) < 4.78 is 0. The lowest BCUT2D eigenvalue weighted by Gasteiger charge is -2.07. The standard InChI is InChI=1S/C14H15N3S/c1-3-11-5-2-7-15-13(11)12(4-1)6-8-16-14-17-9-10-18-14/h1-5,7H,6,8-10H2,(H,16,17). The topological polar surface area (TPSA) is 37.3 Å². The van der Waals surface area contributed by atoms with Gasteiger partial charge in [0.2, 0.25) is 0 Å². The van der Waals surface area contributed by atoms with Crippen LogP contribution in [-0.2, 0) is 6.42 Å². The van der Waals surface area contributed by atoms with Gasteiger partial charge < -0.3 is 5.32 Å². The molecule has 1 aromatic heterocycles. The number of benzene rings is 1. The van der Waals surface area contributed by atoms with Crippen molar-refractivity contribution in [3.63, 3.8) is 0 Å². The highest BCUT2D eigenvalue weighted by Gasteiger charge is 2.06. The molecular weight excluding hydrogens is 242 g/mol. The first-order valence-corrected chi connectivity index (χ1v) is 7.16. The van der Waals surface area contributed by atoms with Gasteiger partial charge in [-0.25, -0.2) is 0 Å². The van der Waals surface area contributed by atoms with Crippen LogP contribution in [0.3, 0.4) is 0 Å². The molecule has 1 aliphatic rings. The molecule has 0 saturated heterocycles. The van der Waals surface area contributed by atoms with Crippen LogP contribution in [0.15, 0.2) is 41.5 Å². The lowest BCUT2D eigenvalue weighted by atomic mass is 10.1. The predicted octanol–water partition coefficient (Wildman–Crippen LogP) is 2.47. The Bertz CT molecular complexity index is 575. The molecule has 4 heteroatoms. The molecule has 1 aliphatic heterocycles. The number of hydrogen-bond donors (Lipinski definition) is 1. The van der Waals surface area contributed by atoms with E-state index in [9.17, 15) is 0 Å². The number of rotatable bonds is 3. The number of aliphatic imine (C=N–C) groups is 1. The molecule has 18 heavy (non-hydrogen) atoms. The number of amidine groups is 1. The summed E-state index contributed by atoms with van der Waals surface area (Å²) in [5.41, 5.74) is 2.41. The number of thioether (sulfide) groups is 1. The van der Waals surface area contributed by atoms with Crippen molar-refractivity contribution in [2.45, 2.75) is 6.42 Å². The molecule has 0 aliphatic carbocycles. The molecule has 0 fully saturated rings. The summed E-state index contributed by atoms with van der Waals surface area (Å²) in [7, 11) is 0. The number of aromatic nitrogens is 1. The van der Waals surface area contributed by atoms with Crippen LogP contribution in [0.5, 0.6) is 0 Å². The van der Waals surface area contributed by atoms with Gasteiger partial charge in [-0.05, 0) is 18.1 Å². The normalized spacial score (nSPS) is 14.8. The maximum Gasteiger partial charge on any atom is 0.156 e. The number of hydrogen-bond acceptors (Lipinski definition) is 4. The third-order valence-electron chi connectivity index (χ3n) is 2.97. The zero-order chi connectivity index (χ0) is 12.2. The van der Waals surface area contributed by atoms with Crippen molar-refractivity contribution >= 4 is 27.8 Å². The van der Waals surface area contributed by atoms with Gasteiger partial charge in [-0.3, -0.25) is 9.98 Å². The van der Waals surface area contributed by atoms with Crippen molar-refractivity contribution in [1.29, 1.82) is 0 Å². The Kier molecular flexibility index (Phi) is 3.46. The number of fused-ring (bicyclic) bond motifs is 1. The van der Waals surface area contributed by atoms with E-state index in [1.807, 2.05) is 12.3 Å². The van der Waals surface area contributed by atoms with Crippen LogP contribution in [0, 0.1) is 0 Å². The van der Waals surface area contributed by atoms with Gasteiger partial charge in [-0.1, -0.05) is 36.0 Å². The lowest BCUT2D eigenvalue weighted by Crippen LogP contribution is -2.21. The molecule has 92 valence electrons. The molecule has 3 rings (SSSR count). The summed E-state index contributed by atoms with van der Waals surface area (Å²) in [5.74, 6) is 1.11. The van der Waals surface area contributed by atoms with E-state index < -0.39 is 0 Å². The average Bonchev–Trinajstić information content (AvgIpc) is 2.92. The van der Waals surface area contributed by atoms with Crippen molar-refractivity contribution in [2.24, 2.45) is 4.99 Å². The van der Waals surface area contributed by atoms with Gasteiger partial charge >= 0.3 is 0 Å². The van der Waals surface area contributed by atoms with Gasteiger partial charge in [-0.15, -0.1) is 0 Å². The predicted molar refractivity (Wildman–Crippen MR) is 78.2 cm³/mol. The van der Waals surface area contributed by atoms with Gasteiger partial charge in [0.1, 0.15) is 0 Å². The summed E-state index contributed by atoms with van der Waals surface area (Å²) in [6, 6.07) is 10.4. The zero-order valence-corrected chi connectivity index (χ0v) is 10.9. The first-order chi connectivity index (χ1) is 8.93. The molecule has 0 radical (unpaired) electrons. The fourth-order valence-corrected chi connectivity index (χ4v) is 2.88. The van der Waals surface area contributed by atoms with Gasteiger partial charge in [0.15, 0.2) is 5.17 Å². The largest absolute Gasteiger partial charge is 0.365 e. The SMILES string of the molecule is c1cnc2c(CCNC3=NCCS3)cccc2c1. The quantitative estimate of drug-likeness (QED) is 0.918. The third-order valence-corrected chi connectivity index (χ3v) is 3.91. The fraction of sp³-hybridized carbons (Fsp3) is 0.286. The highest BCUT2D eigenvalue weighted by molar-refractivity contribution is 8.14. The van der Waals surface area contributed by atoms with E-state index in [0.29, 0.717) is 0 Å². The van der Waals surface area contributed by atoms with Crippen LogP contribution in [0.25, 0.3) is 10.9 Å². The Hall–Kier alpha value is -1.55. The molecule has 2 aromatic rings. The van der Waals surface area contributed by atoms with E-state index in [1.165, 1.54) is 10.9 Å². The number of nitrogens with one attached hydrogen (secondary N) is 1. The fourth-order valence-electron chi connectivity index (χ4n) is 2.12. The Morgan fingerprint density at radius 1 is 1.22 bits per heavy atom. The van der Waals surface area contributed by atoms with E-state index in [0.717, 1.165) is 35.9 Å². The second-order valence-electron chi connectivity index (χ2n) is 4.20. The monoisotopic (exact) mass is 257 g/mol. The highest BCUT2D eigenvalue weighted by Crippen LogP contribution is 2.16. The third kappa shape index (κ3) is 2.48. The number of pyridine rings is 1. The summed E-state index contributed by atoms with van der Waals surface area (Å²) in [6.45, 7) is 1.87. The van der Waals surface area contributed by atoms with Crippen LogP contribution in [-0.4, -0.2) is 29.0 Å². The molecule has 0 atom stereocenters. The molecule has 2 heterocycles. The first kappa shape index (κ1) is 11.5. The van der Waals surface area contributed by atoms with E-state index in [2.05, 4.69) is 39.6 Å². The maximum atomic E-state index is 4.47. The smallest absolute Gasteiger partial charge is 0.156 e. The summed E-state index contributed by atoms with van der Waals surface area (Å²) in [4.78, 5) is 8.85. The molecule has 1 aromatic carbocycles. The van der Waals surface area contributed by atoms with Gasteiger partial charge in [-0.2, -0.15) is 0 Å². The van der Waals surface area contributed by atoms with Gasteiger partial charge in [0.05, 0.1) is 12.1 Å². The number of para-hydroxylation sites is 1. The molecule has 0 unspecified atom stereocenters. The van der Waals surface area contributed by atoms with Crippen LogP contribution in [0.4, 0.5) is 0 Å². The summed E-state index contributed by atoms with van der Waals surface area (Å²) in [6.07, 6.45) is 2.84. The molecule has 0 amide bonds.